The topological polar surface area (TPSA) is 93.4 Å². The van der Waals surface area contributed by atoms with Crippen LogP contribution in [0.2, 0.25) is 5.02 Å². The standard InChI is InChI=1S/C27H18ClF3N8/c1-39-26-21(13-36-39)23(34-14-35-26)19-3-2-9-32-24(19)38-22-12-16(28)11-20-18(22)8-10-33-25(20)37-17-6-4-15(5-7-17)27(29,30)31/h2-14H,1H3,(H,32,38)(H,33,37). The Hall–Kier alpha value is -4.77. The zero-order valence-electron chi connectivity index (χ0n) is 20.2. The highest BCUT2D eigenvalue weighted by atomic mass is 35.5. The molecule has 0 amide bonds. The van der Waals surface area contributed by atoms with E-state index in [1.807, 2.05) is 25.2 Å². The Morgan fingerprint density at radius 3 is 2.41 bits per heavy atom. The molecule has 0 radical (unpaired) electrons. The highest BCUT2D eigenvalue weighted by Crippen LogP contribution is 2.37. The van der Waals surface area contributed by atoms with E-state index in [4.69, 9.17) is 11.6 Å². The first-order valence-electron chi connectivity index (χ1n) is 11.7. The fourth-order valence-electron chi connectivity index (χ4n) is 4.33. The van der Waals surface area contributed by atoms with E-state index in [2.05, 4.69) is 35.7 Å². The lowest BCUT2D eigenvalue weighted by Gasteiger charge is -2.15. The van der Waals surface area contributed by atoms with Crippen LogP contribution in [0, 0.1) is 0 Å². The molecule has 0 fully saturated rings. The molecule has 6 aromatic rings. The number of fused-ring (bicyclic) bond motifs is 2. The molecule has 39 heavy (non-hydrogen) atoms. The van der Waals surface area contributed by atoms with Crippen LogP contribution in [0.15, 0.2) is 79.5 Å². The first kappa shape index (κ1) is 24.6. The van der Waals surface area contributed by atoms with Gasteiger partial charge in [-0.15, -0.1) is 0 Å². The van der Waals surface area contributed by atoms with Crippen molar-refractivity contribution in [3.8, 4) is 11.3 Å². The molecule has 6 rings (SSSR count). The smallest absolute Gasteiger partial charge is 0.340 e. The van der Waals surface area contributed by atoms with Crippen LogP contribution in [-0.4, -0.2) is 29.7 Å². The average molecular weight is 547 g/mol. The number of nitrogens with zero attached hydrogens (tertiary/aromatic N) is 6. The van der Waals surface area contributed by atoms with E-state index in [-0.39, 0.29) is 0 Å². The summed E-state index contributed by atoms with van der Waals surface area (Å²) in [5, 5.41) is 13.4. The number of rotatable bonds is 5. The van der Waals surface area contributed by atoms with Gasteiger partial charge in [0.15, 0.2) is 5.65 Å². The van der Waals surface area contributed by atoms with Crippen molar-refractivity contribution in [3.63, 3.8) is 0 Å². The lowest BCUT2D eigenvalue weighted by molar-refractivity contribution is -0.137. The van der Waals surface area contributed by atoms with Gasteiger partial charge in [-0.2, -0.15) is 18.3 Å². The van der Waals surface area contributed by atoms with E-state index >= 15 is 0 Å². The van der Waals surface area contributed by atoms with E-state index in [9.17, 15) is 13.2 Å². The van der Waals surface area contributed by atoms with Crippen LogP contribution in [0.3, 0.4) is 0 Å². The van der Waals surface area contributed by atoms with Gasteiger partial charge in [-0.05, 0) is 54.6 Å². The van der Waals surface area contributed by atoms with Gasteiger partial charge < -0.3 is 10.6 Å². The summed E-state index contributed by atoms with van der Waals surface area (Å²) >= 11 is 6.50. The van der Waals surface area contributed by atoms with Crippen molar-refractivity contribution in [2.24, 2.45) is 7.05 Å². The SMILES string of the molecule is Cn1ncc2c(-c3cccnc3Nc3cc(Cl)cc4c(Nc5ccc(C(F)(F)F)cc5)nccc34)ncnc21. The summed E-state index contributed by atoms with van der Waals surface area (Å²) in [4.78, 5) is 17.8. The molecular formula is C27H18ClF3N8. The second-order valence-electron chi connectivity index (χ2n) is 8.66. The molecule has 0 unspecified atom stereocenters. The maximum Gasteiger partial charge on any atom is 0.416 e. The first-order valence-corrected chi connectivity index (χ1v) is 12.0. The average Bonchev–Trinajstić information content (AvgIpc) is 3.30. The summed E-state index contributed by atoms with van der Waals surface area (Å²) in [5.41, 5.74) is 2.48. The van der Waals surface area contributed by atoms with Gasteiger partial charge >= 0.3 is 6.18 Å². The number of benzene rings is 2. The first-order chi connectivity index (χ1) is 18.8. The minimum atomic E-state index is -4.41. The number of aromatic nitrogens is 6. The van der Waals surface area contributed by atoms with Crippen molar-refractivity contribution in [2.45, 2.75) is 6.18 Å². The second-order valence-corrected chi connectivity index (χ2v) is 9.10. The van der Waals surface area contributed by atoms with Crippen molar-refractivity contribution >= 4 is 56.4 Å². The lowest BCUT2D eigenvalue weighted by atomic mass is 10.1. The van der Waals surface area contributed by atoms with Gasteiger partial charge in [-0.1, -0.05) is 11.6 Å². The third-order valence-corrected chi connectivity index (χ3v) is 6.38. The lowest BCUT2D eigenvalue weighted by Crippen LogP contribution is -2.04. The van der Waals surface area contributed by atoms with Crippen LogP contribution >= 0.6 is 11.6 Å². The van der Waals surface area contributed by atoms with E-state index in [0.717, 1.165) is 28.5 Å². The molecule has 0 atom stereocenters. The molecule has 0 aliphatic carbocycles. The number of hydrogen-bond donors (Lipinski definition) is 2. The monoisotopic (exact) mass is 546 g/mol. The number of nitrogens with one attached hydrogen (secondary N) is 2. The van der Waals surface area contributed by atoms with Gasteiger partial charge in [0, 0.05) is 52.2 Å². The summed E-state index contributed by atoms with van der Waals surface area (Å²) in [6.45, 7) is 0. The molecule has 194 valence electrons. The minimum absolute atomic E-state index is 0.433. The molecule has 4 aromatic heterocycles. The van der Waals surface area contributed by atoms with E-state index in [0.29, 0.717) is 44.8 Å². The molecule has 2 N–H and O–H groups in total. The number of hydrogen-bond acceptors (Lipinski definition) is 7. The molecule has 0 saturated heterocycles. The van der Waals surface area contributed by atoms with Crippen molar-refractivity contribution in [3.05, 3.63) is 90.1 Å². The number of anilines is 4. The molecule has 8 nitrogen and oxygen atoms in total. The van der Waals surface area contributed by atoms with Crippen molar-refractivity contribution < 1.29 is 13.2 Å². The largest absolute Gasteiger partial charge is 0.416 e. The van der Waals surface area contributed by atoms with Gasteiger partial charge in [0.1, 0.15) is 18.0 Å². The van der Waals surface area contributed by atoms with E-state index in [1.54, 1.807) is 35.4 Å². The second kappa shape index (κ2) is 9.52. The Labute approximate surface area is 224 Å². The summed E-state index contributed by atoms with van der Waals surface area (Å²) in [7, 11) is 1.81. The summed E-state index contributed by atoms with van der Waals surface area (Å²) in [5.74, 6) is 0.978. The van der Waals surface area contributed by atoms with Crippen LogP contribution in [0.5, 0.6) is 0 Å². The number of halogens is 4. The number of aryl methyl sites for hydroxylation is 1. The minimum Gasteiger partial charge on any atom is -0.340 e. The Kier molecular flexibility index (Phi) is 5.99. The zero-order valence-corrected chi connectivity index (χ0v) is 21.0. The van der Waals surface area contributed by atoms with E-state index < -0.39 is 11.7 Å². The van der Waals surface area contributed by atoms with Gasteiger partial charge in [-0.25, -0.2) is 19.9 Å². The highest BCUT2D eigenvalue weighted by molar-refractivity contribution is 6.32. The molecule has 0 aliphatic rings. The molecule has 0 bridgehead atoms. The molecular weight excluding hydrogens is 529 g/mol. The third kappa shape index (κ3) is 4.68. The maximum atomic E-state index is 13.0. The molecule has 2 aromatic carbocycles. The van der Waals surface area contributed by atoms with Crippen LogP contribution < -0.4 is 10.6 Å². The third-order valence-electron chi connectivity index (χ3n) is 6.17. The molecule has 0 spiro atoms. The Morgan fingerprint density at radius 2 is 1.62 bits per heavy atom. The molecule has 0 aliphatic heterocycles. The van der Waals surface area contributed by atoms with Gasteiger partial charge in [0.2, 0.25) is 0 Å². The molecule has 12 heteroatoms. The fourth-order valence-corrected chi connectivity index (χ4v) is 4.55. The maximum absolute atomic E-state index is 13.0. The summed E-state index contributed by atoms with van der Waals surface area (Å²) < 4.78 is 40.6. The zero-order chi connectivity index (χ0) is 27.1. The molecule has 0 saturated carbocycles. The van der Waals surface area contributed by atoms with Gasteiger partial charge in [-0.3, -0.25) is 4.68 Å². The Bertz CT molecular complexity index is 1830. The fraction of sp³-hybridized carbons (Fsp3) is 0.0741. The quantitative estimate of drug-likeness (QED) is 0.237. The van der Waals surface area contributed by atoms with Gasteiger partial charge in [0.05, 0.1) is 22.8 Å². The number of alkyl halides is 3. The summed E-state index contributed by atoms with van der Waals surface area (Å²) in [6, 6.07) is 13.8. The van der Waals surface area contributed by atoms with Crippen molar-refractivity contribution in [1.82, 2.24) is 29.7 Å². The predicted molar refractivity (Wildman–Crippen MR) is 144 cm³/mol. The predicted octanol–water partition coefficient (Wildman–Crippen LogP) is 7.13. The summed E-state index contributed by atoms with van der Waals surface area (Å²) in [6.07, 6.45) is 2.05. The Morgan fingerprint density at radius 1 is 0.821 bits per heavy atom. The Balaban J connectivity index is 1.40. The van der Waals surface area contributed by atoms with Crippen LogP contribution in [0.1, 0.15) is 5.56 Å². The van der Waals surface area contributed by atoms with Crippen molar-refractivity contribution in [1.29, 1.82) is 0 Å². The molecule has 4 heterocycles. The van der Waals surface area contributed by atoms with Gasteiger partial charge in [0.25, 0.3) is 0 Å². The van der Waals surface area contributed by atoms with E-state index in [1.165, 1.54) is 18.5 Å². The number of pyridine rings is 2. The van der Waals surface area contributed by atoms with Crippen molar-refractivity contribution in [2.75, 3.05) is 10.6 Å². The van der Waals surface area contributed by atoms with Crippen LogP contribution in [0.25, 0.3) is 33.1 Å². The van der Waals surface area contributed by atoms with Crippen LogP contribution in [-0.2, 0) is 13.2 Å². The normalized spacial score (nSPS) is 11.7. The van der Waals surface area contributed by atoms with Crippen LogP contribution in [0.4, 0.5) is 36.2 Å². The highest BCUT2D eigenvalue weighted by Gasteiger charge is 2.30.